The van der Waals surface area contributed by atoms with Gasteiger partial charge in [-0.15, -0.1) is 0 Å². The summed E-state index contributed by atoms with van der Waals surface area (Å²) in [5.41, 5.74) is 1.98. The molecule has 3 N–H and O–H groups in total. The molecule has 0 radical (unpaired) electrons. The third-order valence-corrected chi connectivity index (χ3v) is 6.44. The van der Waals surface area contributed by atoms with Crippen LogP contribution in [0.25, 0.3) is 0 Å². The van der Waals surface area contributed by atoms with Crippen LogP contribution in [0.4, 0.5) is 5.69 Å². The van der Waals surface area contributed by atoms with Gasteiger partial charge < -0.3 is 19.4 Å². The van der Waals surface area contributed by atoms with Gasteiger partial charge >= 0.3 is 5.97 Å². The van der Waals surface area contributed by atoms with Crippen molar-refractivity contribution in [1.29, 1.82) is 0 Å². The molecule has 0 unspecified atom stereocenters. The maximum Gasteiger partial charge on any atom is 0.329 e. The molecule has 1 aromatic heterocycles. The van der Waals surface area contributed by atoms with Crippen LogP contribution < -0.4 is 15.4 Å². The van der Waals surface area contributed by atoms with Gasteiger partial charge in [-0.2, -0.15) is 0 Å². The standard InChI is InChI=1S/C24H23N3O7S/c25-35(31,32)18-8-9-20-17(14-18)10-11-27(20)22(28)15-34-24(30)19(13-16-5-2-1-3-6-16)26-23(29)21-7-4-12-33-21/h1-9,12,14,19H,10-11,13,15H2,(H,26,29)(H2,25,31,32)/t19-/m0/s1. The minimum Gasteiger partial charge on any atom is -0.459 e. The topological polar surface area (TPSA) is 149 Å². The lowest BCUT2D eigenvalue weighted by molar-refractivity contribution is -0.149. The number of anilines is 1. The molecular weight excluding hydrogens is 474 g/mol. The molecule has 0 spiro atoms. The van der Waals surface area contributed by atoms with Crippen LogP contribution in [0.1, 0.15) is 21.7 Å². The predicted molar refractivity (Wildman–Crippen MR) is 125 cm³/mol. The van der Waals surface area contributed by atoms with Crippen LogP contribution in [0, 0.1) is 0 Å². The highest BCUT2D eigenvalue weighted by atomic mass is 32.2. The first kappa shape index (κ1) is 24.2. The Balaban J connectivity index is 1.43. The fourth-order valence-electron chi connectivity index (χ4n) is 3.81. The largest absolute Gasteiger partial charge is 0.459 e. The van der Waals surface area contributed by atoms with Gasteiger partial charge in [-0.3, -0.25) is 9.59 Å². The van der Waals surface area contributed by atoms with Gasteiger partial charge in [0.1, 0.15) is 6.04 Å². The van der Waals surface area contributed by atoms with E-state index >= 15 is 0 Å². The number of benzene rings is 2. The minimum atomic E-state index is -3.86. The SMILES string of the molecule is NS(=O)(=O)c1ccc2c(c1)CCN2C(=O)COC(=O)[C@H](Cc1ccccc1)NC(=O)c1ccco1. The van der Waals surface area contributed by atoms with Crippen molar-refractivity contribution < 1.29 is 32.0 Å². The number of fused-ring (bicyclic) bond motifs is 1. The highest BCUT2D eigenvalue weighted by Gasteiger charge is 2.29. The van der Waals surface area contributed by atoms with E-state index in [-0.39, 0.29) is 17.1 Å². The fraction of sp³-hybridized carbons (Fsp3) is 0.208. The van der Waals surface area contributed by atoms with Crippen molar-refractivity contribution in [2.75, 3.05) is 18.1 Å². The van der Waals surface area contributed by atoms with Crippen LogP contribution in [0.15, 0.2) is 76.2 Å². The Morgan fingerprint density at radius 3 is 2.54 bits per heavy atom. The number of nitrogens with two attached hydrogens (primary N) is 1. The van der Waals surface area contributed by atoms with Gasteiger partial charge in [-0.05, 0) is 47.9 Å². The van der Waals surface area contributed by atoms with Crippen LogP contribution >= 0.6 is 0 Å². The highest BCUT2D eigenvalue weighted by Crippen LogP contribution is 2.30. The number of rotatable bonds is 8. The summed E-state index contributed by atoms with van der Waals surface area (Å²) in [7, 11) is -3.86. The first-order valence-corrected chi connectivity index (χ1v) is 12.3. The van der Waals surface area contributed by atoms with Crippen molar-refractivity contribution in [2.45, 2.75) is 23.8 Å². The van der Waals surface area contributed by atoms with E-state index in [0.29, 0.717) is 24.2 Å². The number of sulfonamides is 1. The summed E-state index contributed by atoms with van der Waals surface area (Å²) in [6, 6.07) is 15.3. The van der Waals surface area contributed by atoms with E-state index in [1.807, 2.05) is 18.2 Å². The Morgan fingerprint density at radius 1 is 1.09 bits per heavy atom. The van der Waals surface area contributed by atoms with Gasteiger partial charge in [-0.25, -0.2) is 18.4 Å². The van der Waals surface area contributed by atoms with Gasteiger partial charge in [0.15, 0.2) is 12.4 Å². The molecular formula is C24H23N3O7S. The average molecular weight is 498 g/mol. The zero-order valence-corrected chi connectivity index (χ0v) is 19.4. The molecule has 10 nitrogen and oxygen atoms in total. The molecule has 2 amide bonds. The second-order valence-electron chi connectivity index (χ2n) is 7.93. The number of esters is 1. The number of nitrogens with zero attached hydrogens (tertiary/aromatic N) is 1. The van der Waals surface area contributed by atoms with Crippen molar-refractivity contribution in [1.82, 2.24) is 5.32 Å². The third-order valence-electron chi connectivity index (χ3n) is 5.53. The average Bonchev–Trinajstić information content (AvgIpc) is 3.52. The Bertz CT molecular complexity index is 1340. The van der Waals surface area contributed by atoms with E-state index in [1.54, 1.807) is 18.2 Å². The van der Waals surface area contributed by atoms with E-state index in [1.165, 1.54) is 35.4 Å². The highest BCUT2D eigenvalue weighted by molar-refractivity contribution is 7.89. The molecule has 0 fully saturated rings. The summed E-state index contributed by atoms with van der Waals surface area (Å²) in [5.74, 6) is -1.79. The molecule has 0 saturated carbocycles. The smallest absolute Gasteiger partial charge is 0.329 e. The first-order valence-electron chi connectivity index (χ1n) is 10.7. The lowest BCUT2D eigenvalue weighted by Crippen LogP contribution is -2.44. The second-order valence-corrected chi connectivity index (χ2v) is 9.49. The van der Waals surface area contributed by atoms with E-state index < -0.39 is 40.5 Å². The van der Waals surface area contributed by atoms with Crippen LogP contribution in [0.5, 0.6) is 0 Å². The predicted octanol–water partition coefficient (Wildman–Crippen LogP) is 1.40. The lowest BCUT2D eigenvalue weighted by Gasteiger charge is -2.20. The monoisotopic (exact) mass is 497 g/mol. The summed E-state index contributed by atoms with van der Waals surface area (Å²) in [6.45, 7) is -0.237. The second kappa shape index (κ2) is 10.1. The quantitative estimate of drug-likeness (QED) is 0.447. The molecule has 3 aromatic rings. The van der Waals surface area contributed by atoms with Gasteiger partial charge in [0.2, 0.25) is 10.0 Å². The molecule has 2 aromatic carbocycles. The third kappa shape index (κ3) is 5.76. The van der Waals surface area contributed by atoms with Crippen LogP contribution in [0.3, 0.4) is 0 Å². The Morgan fingerprint density at radius 2 is 1.86 bits per heavy atom. The molecule has 2 heterocycles. The van der Waals surface area contributed by atoms with E-state index in [0.717, 1.165) is 5.56 Å². The molecule has 0 bridgehead atoms. The van der Waals surface area contributed by atoms with Crippen molar-refractivity contribution in [2.24, 2.45) is 5.14 Å². The van der Waals surface area contributed by atoms with E-state index in [4.69, 9.17) is 14.3 Å². The van der Waals surface area contributed by atoms with Crippen molar-refractivity contribution in [3.8, 4) is 0 Å². The molecule has 0 saturated heterocycles. The van der Waals surface area contributed by atoms with Gasteiger partial charge in [-0.1, -0.05) is 30.3 Å². The minimum absolute atomic E-state index is 0.0342. The summed E-state index contributed by atoms with van der Waals surface area (Å²) in [4.78, 5) is 39.5. The van der Waals surface area contributed by atoms with Gasteiger partial charge in [0.25, 0.3) is 11.8 Å². The van der Waals surface area contributed by atoms with Crippen LogP contribution in [0.2, 0.25) is 0 Å². The maximum atomic E-state index is 12.9. The van der Waals surface area contributed by atoms with E-state index in [9.17, 15) is 22.8 Å². The number of hydrogen-bond acceptors (Lipinski definition) is 7. The number of furan rings is 1. The molecule has 1 aliphatic heterocycles. The number of carbonyl (C=O) groups excluding carboxylic acids is 3. The molecule has 1 aliphatic rings. The Labute approximate surface area is 201 Å². The van der Waals surface area contributed by atoms with E-state index in [2.05, 4.69) is 5.32 Å². The fourth-order valence-corrected chi connectivity index (χ4v) is 4.37. The molecule has 11 heteroatoms. The van der Waals surface area contributed by atoms with Gasteiger partial charge in [0.05, 0.1) is 11.2 Å². The summed E-state index contributed by atoms with van der Waals surface area (Å²) >= 11 is 0. The zero-order chi connectivity index (χ0) is 25.0. The van der Waals surface area contributed by atoms with Crippen LogP contribution in [-0.4, -0.2) is 45.4 Å². The number of amides is 2. The molecule has 4 rings (SSSR count). The number of carbonyl (C=O) groups is 3. The number of ether oxygens (including phenoxy) is 1. The lowest BCUT2D eigenvalue weighted by atomic mass is 10.1. The van der Waals surface area contributed by atoms with Crippen molar-refractivity contribution >= 4 is 33.5 Å². The Kier molecular flexibility index (Phi) is 6.99. The molecule has 35 heavy (non-hydrogen) atoms. The summed E-state index contributed by atoms with van der Waals surface area (Å²) in [5, 5.41) is 7.77. The summed E-state index contributed by atoms with van der Waals surface area (Å²) in [6.07, 6.45) is 1.94. The first-order chi connectivity index (χ1) is 16.7. The van der Waals surface area contributed by atoms with Crippen LogP contribution in [-0.2, 0) is 37.2 Å². The number of primary sulfonamides is 1. The number of nitrogens with one attached hydrogen (secondary N) is 1. The van der Waals surface area contributed by atoms with Gasteiger partial charge in [0, 0.05) is 18.7 Å². The molecule has 182 valence electrons. The van der Waals surface area contributed by atoms with Crippen molar-refractivity contribution in [3.63, 3.8) is 0 Å². The normalized spacial score (nSPS) is 13.7. The maximum absolute atomic E-state index is 12.9. The zero-order valence-electron chi connectivity index (χ0n) is 18.5. The number of hydrogen-bond donors (Lipinski definition) is 2. The molecule has 0 aliphatic carbocycles. The van der Waals surface area contributed by atoms with Crippen molar-refractivity contribution in [3.05, 3.63) is 83.8 Å². The molecule has 1 atom stereocenters. The Hall–Kier alpha value is -3.96. The summed E-state index contributed by atoms with van der Waals surface area (Å²) < 4.78 is 33.5.